The van der Waals surface area contributed by atoms with Crippen molar-refractivity contribution in [3.63, 3.8) is 0 Å². The maximum atomic E-state index is 12.1. The van der Waals surface area contributed by atoms with Crippen LogP contribution in [0.3, 0.4) is 0 Å². The van der Waals surface area contributed by atoms with Crippen LogP contribution in [0.15, 0.2) is 47.0 Å². The van der Waals surface area contributed by atoms with Gasteiger partial charge in [-0.15, -0.1) is 11.3 Å². The monoisotopic (exact) mass is 388 g/mol. The number of fused-ring (bicyclic) bond motifs is 1. The van der Waals surface area contributed by atoms with Crippen molar-refractivity contribution in [2.24, 2.45) is 11.0 Å². The average molecular weight is 388 g/mol. The maximum Gasteiger partial charge on any atom is 0.244 e. The van der Waals surface area contributed by atoms with Crippen molar-refractivity contribution in [1.29, 1.82) is 0 Å². The Balaban J connectivity index is 1.58. The maximum absolute atomic E-state index is 12.1. The lowest BCUT2D eigenvalue weighted by atomic mass is 10.1. The van der Waals surface area contributed by atoms with Gasteiger partial charge in [0.25, 0.3) is 0 Å². The Hall–Kier alpha value is -2.52. The third-order valence-corrected chi connectivity index (χ3v) is 6.84. The minimum absolute atomic E-state index is 0.0606. The molecule has 9 heteroatoms. The Bertz CT molecular complexity index is 1080. The minimum atomic E-state index is -3.10. The zero-order valence-corrected chi connectivity index (χ0v) is 15.3. The molecule has 2 aromatic heterocycles. The summed E-state index contributed by atoms with van der Waals surface area (Å²) in [5.41, 5.74) is 4.95. The second-order valence-corrected chi connectivity index (χ2v) is 9.20. The molecule has 1 aliphatic heterocycles. The summed E-state index contributed by atoms with van der Waals surface area (Å²) in [5.74, 6) is -0.942. The Morgan fingerprint density at radius 1 is 1.35 bits per heavy atom. The molecule has 1 fully saturated rings. The van der Waals surface area contributed by atoms with Crippen LogP contribution >= 0.6 is 11.3 Å². The van der Waals surface area contributed by atoms with Gasteiger partial charge in [0, 0.05) is 17.1 Å². The van der Waals surface area contributed by atoms with Crippen LogP contribution in [0.5, 0.6) is 0 Å². The van der Waals surface area contributed by atoms with Gasteiger partial charge in [-0.05, 0) is 6.42 Å². The summed E-state index contributed by atoms with van der Waals surface area (Å²) in [6.45, 7) is 0. The van der Waals surface area contributed by atoms with Crippen molar-refractivity contribution in [2.45, 2.75) is 6.42 Å². The summed E-state index contributed by atoms with van der Waals surface area (Å²) >= 11 is 1.51. The van der Waals surface area contributed by atoms with E-state index in [1.54, 1.807) is 6.21 Å². The number of carbonyl (C=O) groups is 1. The first-order chi connectivity index (χ1) is 12.5. The van der Waals surface area contributed by atoms with Gasteiger partial charge < -0.3 is 0 Å². The highest BCUT2D eigenvalue weighted by atomic mass is 32.2. The normalized spacial score (nSPS) is 19.3. The third kappa shape index (κ3) is 3.27. The molecule has 0 radical (unpaired) electrons. The van der Waals surface area contributed by atoms with Crippen LogP contribution in [0.2, 0.25) is 0 Å². The molecule has 26 heavy (non-hydrogen) atoms. The molecule has 134 valence electrons. The number of carbonyl (C=O) groups excluding carboxylic acids is 1. The molecule has 0 unspecified atom stereocenters. The number of nitrogens with one attached hydrogen (secondary N) is 1. The predicted octanol–water partition coefficient (Wildman–Crippen LogP) is 1.95. The highest BCUT2D eigenvalue weighted by Gasteiger charge is 2.32. The minimum Gasteiger partial charge on any atom is -0.289 e. The largest absolute Gasteiger partial charge is 0.289 e. The van der Waals surface area contributed by atoms with Gasteiger partial charge in [-0.25, -0.2) is 18.8 Å². The van der Waals surface area contributed by atoms with E-state index in [1.165, 1.54) is 11.3 Å². The van der Waals surface area contributed by atoms with E-state index in [0.29, 0.717) is 6.42 Å². The molecule has 7 nitrogen and oxygen atoms in total. The van der Waals surface area contributed by atoms with Gasteiger partial charge in [-0.3, -0.25) is 9.20 Å². The SMILES string of the molecule is O=C(N/N=C\c1c(-c2ccccc2)nc2sccn12)[C@@H]1CCS(=O)(=O)C1. The van der Waals surface area contributed by atoms with Crippen LogP contribution in [0, 0.1) is 5.92 Å². The van der Waals surface area contributed by atoms with E-state index in [-0.39, 0.29) is 17.4 Å². The highest BCUT2D eigenvalue weighted by Crippen LogP contribution is 2.25. The fraction of sp³-hybridized carbons (Fsp3) is 0.235. The molecule has 1 atom stereocenters. The van der Waals surface area contributed by atoms with E-state index < -0.39 is 15.8 Å². The molecule has 1 aromatic carbocycles. The van der Waals surface area contributed by atoms with E-state index in [9.17, 15) is 13.2 Å². The number of nitrogens with zero attached hydrogens (tertiary/aromatic N) is 3. The molecule has 0 spiro atoms. The fourth-order valence-electron chi connectivity index (χ4n) is 2.99. The Labute approximate surface area is 154 Å². The van der Waals surface area contributed by atoms with Gasteiger partial charge >= 0.3 is 0 Å². The Morgan fingerprint density at radius 2 is 2.15 bits per heavy atom. The van der Waals surface area contributed by atoms with Crippen molar-refractivity contribution in [3.8, 4) is 11.3 Å². The molecule has 0 aliphatic carbocycles. The fourth-order valence-corrected chi connectivity index (χ4v) is 5.45. The van der Waals surface area contributed by atoms with Gasteiger partial charge in [0.15, 0.2) is 14.8 Å². The third-order valence-electron chi connectivity index (χ3n) is 4.31. The number of hydrazone groups is 1. The summed E-state index contributed by atoms with van der Waals surface area (Å²) in [4.78, 5) is 17.6. The van der Waals surface area contributed by atoms with Gasteiger partial charge in [0.1, 0.15) is 0 Å². The number of hydrogen-bond donors (Lipinski definition) is 1. The molecule has 4 rings (SSSR count). The number of rotatable bonds is 4. The quantitative estimate of drug-likeness (QED) is 0.546. The standard InChI is InChI=1S/C17H16N4O3S2/c22-16(13-6-9-26(23,24)11-13)20-18-10-14-15(12-4-2-1-3-5-12)19-17-21(14)7-8-25-17/h1-5,7-8,10,13H,6,9,11H2,(H,20,22)/b18-10-/t13-/m1/s1. The molecule has 1 N–H and O–H groups in total. The lowest BCUT2D eigenvalue weighted by molar-refractivity contribution is -0.124. The number of hydrogen-bond acceptors (Lipinski definition) is 6. The van der Waals surface area contributed by atoms with Crippen molar-refractivity contribution in [3.05, 3.63) is 47.6 Å². The average Bonchev–Trinajstić information content (AvgIpc) is 3.31. The van der Waals surface area contributed by atoms with E-state index in [0.717, 1.165) is 21.9 Å². The molecule has 3 heterocycles. The predicted molar refractivity (Wildman–Crippen MR) is 101 cm³/mol. The van der Waals surface area contributed by atoms with Crippen LogP contribution in [0.25, 0.3) is 16.2 Å². The van der Waals surface area contributed by atoms with Crippen molar-refractivity contribution in [2.75, 3.05) is 11.5 Å². The first-order valence-corrected chi connectivity index (χ1v) is 10.8. The number of benzene rings is 1. The molecular weight excluding hydrogens is 372 g/mol. The van der Waals surface area contributed by atoms with E-state index >= 15 is 0 Å². The summed E-state index contributed by atoms with van der Waals surface area (Å²) in [6, 6.07) is 9.74. The van der Waals surface area contributed by atoms with Crippen LogP contribution in [-0.2, 0) is 14.6 Å². The van der Waals surface area contributed by atoms with Crippen LogP contribution in [-0.4, -0.2) is 41.4 Å². The van der Waals surface area contributed by atoms with Gasteiger partial charge in [0.05, 0.1) is 35.0 Å². The number of aromatic nitrogens is 2. The van der Waals surface area contributed by atoms with Crippen LogP contribution in [0.4, 0.5) is 0 Å². The zero-order chi connectivity index (χ0) is 18.1. The Kier molecular flexibility index (Phi) is 4.33. The molecule has 0 bridgehead atoms. The first kappa shape index (κ1) is 16.9. The molecule has 1 aliphatic rings. The van der Waals surface area contributed by atoms with Crippen molar-refractivity contribution >= 4 is 38.3 Å². The van der Waals surface area contributed by atoms with Crippen molar-refractivity contribution < 1.29 is 13.2 Å². The second-order valence-electron chi connectivity index (χ2n) is 6.10. The highest BCUT2D eigenvalue weighted by molar-refractivity contribution is 7.91. The van der Waals surface area contributed by atoms with Crippen LogP contribution in [0.1, 0.15) is 12.1 Å². The van der Waals surface area contributed by atoms with Gasteiger partial charge in [-0.1, -0.05) is 30.3 Å². The van der Waals surface area contributed by atoms with Crippen LogP contribution < -0.4 is 5.43 Å². The lowest BCUT2D eigenvalue weighted by Crippen LogP contribution is -2.27. The van der Waals surface area contributed by atoms with Gasteiger partial charge in [0.2, 0.25) is 5.91 Å². The van der Waals surface area contributed by atoms with Gasteiger partial charge in [-0.2, -0.15) is 5.10 Å². The number of imidazole rings is 1. The molecular formula is C17H16N4O3S2. The molecule has 1 amide bonds. The number of amides is 1. The molecule has 1 saturated heterocycles. The molecule has 0 saturated carbocycles. The molecule has 3 aromatic rings. The number of sulfone groups is 1. The summed E-state index contributed by atoms with van der Waals surface area (Å²) < 4.78 is 24.9. The Morgan fingerprint density at radius 3 is 2.88 bits per heavy atom. The zero-order valence-electron chi connectivity index (χ0n) is 13.7. The van der Waals surface area contributed by atoms with E-state index in [2.05, 4.69) is 15.5 Å². The first-order valence-electron chi connectivity index (χ1n) is 8.08. The number of thiazole rings is 1. The topological polar surface area (TPSA) is 92.9 Å². The summed E-state index contributed by atoms with van der Waals surface area (Å²) in [6.07, 6.45) is 3.79. The summed E-state index contributed by atoms with van der Waals surface area (Å²) in [7, 11) is -3.10. The van der Waals surface area contributed by atoms with E-state index in [1.807, 2.05) is 46.3 Å². The van der Waals surface area contributed by atoms with Crippen molar-refractivity contribution in [1.82, 2.24) is 14.8 Å². The second kappa shape index (κ2) is 6.65. The smallest absolute Gasteiger partial charge is 0.244 e. The lowest BCUT2D eigenvalue weighted by Gasteiger charge is -2.05. The van der Waals surface area contributed by atoms with E-state index in [4.69, 9.17) is 0 Å². The summed E-state index contributed by atoms with van der Waals surface area (Å²) in [5, 5.41) is 5.97.